The molecule has 0 aliphatic carbocycles. The first kappa shape index (κ1) is 18.2. The van der Waals surface area contributed by atoms with Gasteiger partial charge in [-0.3, -0.25) is 9.48 Å². The Morgan fingerprint density at radius 1 is 1.25 bits per heavy atom. The third-order valence-corrected chi connectivity index (χ3v) is 5.52. The number of hydrogen-bond acceptors (Lipinski definition) is 4. The molecule has 0 radical (unpaired) electrons. The molecule has 2 aromatic rings. The molecule has 0 saturated carbocycles. The van der Waals surface area contributed by atoms with E-state index in [0.29, 0.717) is 5.56 Å². The van der Waals surface area contributed by atoms with Gasteiger partial charge in [0.05, 0.1) is 10.6 Å². The summed E-state index contributed by atoms with van der Waals surface area (Å²) in [5.41, 5.74) is 2.30. The minimum atomic E-state index is -3.55. The molecule has 1 aromatic carbocycles. The number of aromatic nitrogens is 2. The van der Waals surface area contributed by atoms with Crippen molar-refractivity contribution in [2.24, 2.45) is 0 Å². The molecule has 130 valence electrons. The Labute approximate surface area is 142 Å². The van der Waals surface area contributed by atoms with E-state index < -0.39 is 10.0 Å². The molecule has 0 bridgehead atoms. The minimum absolute atomic E-state index is 0.0995. The molecule has 0 fully saturated rings. The lowest BCUT2D eigenvalue weighted by molar-refractivity contribution is -0.122. The van der Waals surface area contributed by atoms with E-state index in [-0.39, 0.29) is 23.9 Å². The van der Waals surface area contributed by atoms with E-state index in [4.69, 9.17) is 0 Å². The maximum atomic E-state index is 12.3. The Balaban J connectivity index is 2.10. The monoisotopic (exact) mass is 350 g/mol. The SMILES string of the molecule is Cc1cc(C)n(CC(=O)NCc2ccccc2S(=O)(=O)N(C)C)n1. The largest absolute Gasteiger partial charge is 0.350 e. The molecule has 1 N–H and O–H groups in total. The van der Waals surface area contributed by atoms with Crippen LogP contribution in [0.4, 0.5) is 0 Å². The van der Waals surface area contributed by atoms with Gasteiger partial charge in [-0.25, -0.2) is 12.7 Å². The summed E-state index contributed by atoms with van der Waals surface area (Å²) in [4.78, 5) is 12.3. The summed E-state index contributed by atoms with van der Waals surface area (Å²) >= 11 is 0. The number of carbonyl (C=O) groups excluding carboxylic acids is 1. The van der Waals surface area contributed by atoms with E-state index >= 15 is 0 Å². The first-order valence-electron chi connectivity index (χ1n) is 7.50. The van der Waals surface area contributed by atoms with Crippen molar-refractivity contribution in [3.8, 4) is 0 Å². The fourth-order valence-corrected chi connectivity index (χ4v) is 3.43. The van der Waals surface area contributed by atoms with Crippen molar-refractivity contribution in [3.05, 3.63) is 47.3 Å². The molecule has 24 heavy (non-hydrogen) atoms. The van der Waals surface area contributed by atoms with Crippen LogP contribution in [0.2, 0.25) is 0 Å². The van der Waals surface area contributed by atoms with Crippen LogP contribution in [0.25, 0.3) is 0 Å². The second-order valence-corrected chi connectivity index (χ2v) is 7.88. The van der Waals surface area contributed by atoms with Crippen LogP contribution >= 0.6 is 0 Å². The molecular weight excluding hydrogens is 328 g/mol. The number of nitrogens with one attached hydrogen (secondary N) is 1. The summed E-state index contributed by atoms with van der Waals surface area (Å²) in [6.07, 6.45) is 0. The van der Waals surface area contributed by atoms with Gasteiger partial charge in [0.25, 0.3) is 0 Å². The van der Waals surface area contributed by atoms with Crippen LogP contribution in [-0.2, 0) is 27.9 Å². The highest BCUT2D eigenvalue weighted by molar-refractivity contribution is 7.89. The number of rotatable bonds is 6. The van der Waals surface area contributed by atoms with Crippen molar-refractivity contribution in [2.45, 2.75) is 31.8 Å². The molecule has 0 unspecified atom stereocenters. The van der Waals surface area contributed by atoms with Crippen LogP contribution in [0.1, 0.15) is 17.0 Å². The predicted octanol–water partition coefficient (Wildman–Crippen LogP) is 1.07. The zero-order valence-electron chi connectivity index (χ0n) is 14.3. The van der Waals surface area contributed by atoms with Gasteiger partial charge in [0, 0.05) is 26.3 Å². The second kappa shape index (κ2) is 7.14. The number of hydrogen-bond donors (Lipinski definition) is 1. The highest BCUT2D eigenvalue weighted by Gasteiger charge is 2.20. The van der Waals surface area contributed by atoms with Gasteiger partial charge < -0.3 is 5.32 Å². The first-order valence-corrected chi connectivity index (χ1v) is 8.94. The standard InChI is InChI=1S/C16H22N4O3S/c1-12-9-13(2)20(18-12)11-16(21)17-10-14-7-5-6-8-15(14)24(22,23)19(3)4/h5-9H,10-11H2,1-4H3,(H,17,21). The first-order chi connectivity index (χ1) is 11.2. The zero-order chi connectivity index (χ0) is 17.9. The molecule has 1 heterocycles. The Morgan fingerprint density at radius 3 is 2.50 bits per heavy atom. The summed E-state index contributed by atoms with van der Waals surface area (Å²) in [5, 5.41) is 6.99. The molecule has 8 heteroatoms. The lowest BCUT2D eigenvalue weighted by atomic mass is 10.2. The highest BCUT2D eigenvalue weighted by Crippen LogP contribution is 2.18. The number of sulfonamides is 1. The summed E-state index contributed by atoms with van der Waals surface area (Å²) in [6.45, 7) is 3.99. The molecule has 1 aromatic heterocycles. The van der Waals surface area contributed by atoms with E-state index in [1.54, 1.807) is 22.9 Å². The van der Waals surface area contributed by atoms with Crippen molar-refractivity contribution in [3.63, 3.8) is 0 Å². The van der Waals surface area contributed by atoms with Crippen molar-refractivity contribution in [1.82, 2.24) is 19.4 Å². The third kappa shape index (κ3) is 4.01. The Morgan fingerprint density at radius 2 is 1.92 bits per heavy atom. The Hall–Kier alpha value is -2.19. The zero-order valence-corrected chi connectivity index (χ0v) is 15.1. The molecule has 0 spiro atoms. The van der Waals surface area contributed by atoms with Gasteiger partial charge in [-0.1, -0.05) is 18.2 Å². The van der Waals surface area contributed by atoms with E-state index in [0.717, 1.165) is 15.7 Å². The van der Waals surface area contributed by atoms with Crippen LogP contribution in [-0.4, -0.2) is 42.5 Å². The number of benzene rings is 1. The van der Waals surface area contributed by atoms with Crippen molar-refractivity contribution < 1.29 is 13.2 Å². The fourth-order valence-electron chi connectivity index (χ4n) is 2.32. The summed E-state index contributed by atoms with van der Waals surface area (Å²) in [6, 6.07) is 8.54. The third-order valence-electron chi connectivity index (χ3n) is 3.60. The highest BCUT2D eigenvalue weighted by atomic mass is 32.2. The summed E-state index contributed by atoms with van der Waals surface area (Å²) in [5.74, 6) is -0.224. The van der Waals surface area contributed by atoms with E-state index in [1.165, 1.54) is 20.2 Å². The van der Waals surface area contributed by atoms with Gasteiger partial charge in [-0.2, -0.15) is 5.10 Å². The van der Waals surface area contributed by atoms with Gasteiger partial charge >= 0.3 is 0 Å². The van der Waals surface area contributed by atoms with Crippen LogP contribution in [0.3, 0.4) is 0 Å². The second-order valence-electron chi connectivity index (χ2n) is 5.76. The lowest BCUT2D eigenvalue weighted by Crippen LogP contribution is -2.29. The van der Waals surface area contributed by atoms with E-state index in [2.05, 4.69) is 10.4 Å². The minimum Gasteiger partial charge on any atom is -0.350 e. The van der Waals surface area contributed by atoms with E-state index in [9.17, 15) is 13.2 Å². The molecule has 0 aliphatic heterocycles. The normalized spacial score (nSPS) is 11.7. The fraction of sp³-hybridized carbons (Fsp3) is 0.375. The summed E-state index contributed by atoms with van der Waals surface area (Å²) < 4.78 is 27.4. The number of aryl methyl sites for hydroxylation is 2. The van der Waals surface area contributed by atoms with Crippen molar-refractivity contribution in [2.75, 3.05) is 14.1 Å². The van der Waals surface area contributed by atoms with Crippen LogP contribution in [0.5, 0.6) is 0 Å². The smallest absolute Gasteiger partial charge is 0.242 e. The quantitative estimate of drug-likeness (QED) is 0.844. The number of carbonyl (C=O) groups is 1. The molecule has 0 saturated heterocycles. The molecule has 0 aliphatic rings. The molecule has 7 nitrogen and oxygen atoms in total. The van der Waals surface area contributed by atoms with Gasteiger partial charge in [0.2, 0.25) is 15.9 Å². The van der Waals surface area contributed by atoms with Crippen LogP contribution in [0, 0.1) is 13.8 Å². The maximum Gasteiger partial charge on any atom is 0.242 e. The topological polar surface area (TPSA) is 84.3 Å². The number of amides is 1. The molecule has 1 amide bonds. The van der Waals surface area contributed by atoms with Gasteiger partial charge in [0.1, 0.15) is 6.54 Å². The number of nitrogens with zero attached hydrogens (tertiary/aromatic N) is 3. The Kier molecular flexibility index (Phi) is 5.40. The van der Waals surface area contributed by atoms with Gasteiger partial charge in [-0.15, -0.1) is 0 Å². The van der Waals surface area contributed by atoms with Crippen molar-refractivity contribution >= 4 is 15.9 Å². The molecular formula is C16H22N4O3S. The Bertz CT molecular complexity index is 841. The van der Waals surface area contributed by atoms with Crippen molar-refractivity contribution in [1.29, 1.82) is 0 Å². The lowest BCUT2D eigenvalue weighted by Gasteiger charge is -2.15. The predicted molar refractivity (Wildman–Crippen MR) is 90.9 cm³/mol. The van der Waals surface area contributed by atoms with Crippen LogP contribution < -0.4 is 5.32 Å². The van der Waals surface area contributed by atoms with E-state index in [1.807, 2.05) is 19.9 Å². The van der Waals surface area contributed by atoms with Gasteiger partial charge in [0.15, 0.2) is 0 Å². The van der Waals surface area contributed by atoms with Gasteiger partial charge in [-0.05, 0) is 31.5 Å². The molecule has 2 rings (SSSR count). The summed E-state index contributed by atoms with van der Waals surface area (Å²) in [7, 11) is -0.594. The van der Waals surface area contributed by atoms with Crippen LogP contribution in [0.15, 0.2) is 35.2 Å². The average molecular weight is 350 g/mol. The maximum absolute atomic E-state index is 12.3. The molecule has 0 atom stereocenters. The average Bonchev–Trinajstić information content (AvgIpc) is 2.83.